The third-order valence-electron chi connectivity index (χ3n) is 4.83. The molecule has 1 fully saturated rings. The van der Waals surface area contributed by atoms with Gasteiger partial charge in [0.1, 0.15) is 22.8 Å². The second-order valence-electron chi connectivity index (χ2n) is 7.22. The highest BCUT2D eigenvalue weighted by atomic mass is 32.2. The number of carbonyl (C=O) groups excluding carboxylic acids is 2. The normalized spacial score (nSPS) is 19.5. The number of aryl methyl sites for hydroxylation is 1. The number of carboxylic acids is 2. The summed E-state index contributed by atoms with van der Waals surface area (Å²) in [7, 11) is 1.66. The molecule has 0 spiro atoms. The van der Waals surface area contributed by atoms with Crippen LogP contribution in [0.3, 0.4) is 0 Å². The number of nitrogens with zero attached hydrogens (tertiary/aromatic N) is 7. The number of aromatic nitrogens is 5. The van der Waals surface area contributed by atoms with E-state index < -0.39 is 41.8 Å². The molecule has 37 heavy (non-hydrogen) atoms. The molecule has 4 heterocycles. The second-order valence-corrected chi connectivity index (χ2v) is 10.1. The van der Waals surface area contributed by atoms with Crippen LogP contribution in [0.25, 0.3) is 0 Å². The van der Waals surface area contributed by atoms with E-state index >= 15 is 0 Å². The predicted octanol–water partition coefficient (Wildman–Crippen LogP) is -0.901. The Labute approximate surface area is 219 Å². The maximum atomic E-state index is 12.9. The van der Waals surface area contributed by atoms with Gasteiger partial charge in [0.25, 0.3) is 11.8 Å². The number of carbonyl (C=O) groups is 4. The van der Waals surface area contributed by atoms with Crippen molar-refractivity contribution >= 4 is 69.5 Å². The van der Waals surface area contributed by atoms with Crippen molar-refractivity contribution in [3.63, 3.8) is 0 Å². The molecule has 194 valence electrons. The van der Waals surface area contributed by atoms with Crippen LogP contribution in [0.2, 0.25) is 0 Å². The molecule has 0 radical (unpaired) electrons. The molecule has 1 saturated heterocycles. The molecule has 2 aromatic rings. The second kappa shape index (κ2) is 11.0. The average Bonchev–Trinajstić information content (AvgIpc) is 3.47. The van der Waals surface area contributed by atoms with Gasteiger partial charge >= 0.3 is 11.9 Å². The number of thiazole rings is 1. The van der Waals surface area contributed by atoms with E-state index in [9.17, 15) is 24.3 Å². The topological polar surface area (TPSA) is 228 Å². The Morgan fingerprint density at radius 3 is 2.81 bits per heavy atom. The monoisotopic (exact) mass is 567 g/mol. The first-order valence-corrected chi connectivity index (χ1v) is 12.9. The molecule has 2 aliphatic heterocycles. The third kappa shape index (κ3) is 5.57. The predicted molar refractivity (Wildman–Crippen MR) is 130 cm³/mol. The van der Waals surface area contributed by atoms with Crippen LogP contribution in [0, 0.1) is 0 Å². The number of hydrogen-bond acceptors (Lipinski definition) is 14. The molecule has 2 aromatic heterocycles. The van der Waals surface area contributed by atoms with Gasteiger partial charge in [0.05, 0.1) is 0 Å². The summed E-state index contributed by atoms with van der Waals surface area (Å²) in [6, 6.07) is -1.06. The van der Waals surface area contributed by atoms with Crippen LogP contribution in [0.15, 0.2) is 38.4 Å². The van der Waals surface area contributed by atoms with Gasteiger partial charge in [-0.05, 0) is 27.5 Å². The van der Waals surface area contributed by atoms with E-state index in [1.165, 1.54) is 33.6 Å². The number of fused-ring (bicyclic) bond motifs is 1. The molecule has 0 aromatic carbocycles. The number of nitrogens with two attached hydrogens (primary N) is 1. The van der Waals surface area contributed by atoms with Crippen molar-refractivity contribution in [3.8, 4) is 0 Å². The Morgan fingerprint density at radius 2 is 2.19 bits per heavy atom. The molecule has 2 unspecified atom stereocenters. The van der Waals surface area contributed by atoms with Crippen LogP contribution in [0.4, 0.5) is 5.13 Å². The van der Waals surface area contributed by atoms with E-state index in [1.54, 1.807) is 18.5 Å². The number of carboxylic acid groups (broad SMARTS) is 2. The first-order chi connectivity index (χ1) is 17.7. The van der Waals surface area contributed by atoms with Gasteiger partial charge in [0, 0.05) is 18.2 Å². The lowest BCUT2D eigenvalue weighted by Gasteiger charge is -2.49. The highest BCUT2D eigenvalue weighted by Crippen LogP contribution is 2.41. The van der Waals surface area contributed by atoms with E-state index in [4.69, 9.17) is 10.8 Å². The molecule has 0 saturated carbocycles. The van der Waals surface area contributed by atoms with Gasteiger partial charge in [0.15, 0.2) is 10.8 Å². The number of amides is 2. The standard InChI is InChI=1S/C18H17N9O7S3/c1-26-18(22-24-25-26)35-3-2-7-5-36-15-11(14(31)27(15)12(7)16(32)33)21-13(30)10(23-34-4-9(28)29)8-6-37-17(19)20-8/h2-3,6,11,15H,4-5H2,1H3,(H2,19,20)(H,21,30)(H,28,29)(H,32,33). The zero-order valence-corrected chi connectivity index (χ0v) is 21.1. The van der Waals surface area contributed by atoms with Gasteiger partial charge < -0.3 is 26.1 Å². The van der Waals surface area contributed by atoms with Crippen LogP contribution >= 0.6 is 34.9 Å². The third-order valence-corrected chi connectivity index (χ3v) is 7.64. The maximum absolute atomic E-state index is 12.9. The number of β-lactam (4-membered cyclic amide) rings is 1. The van der Waals surface area contributed by atoms with Crippen molar-refractivity contribution in [1.29, 1.82) is 0 Å². The minimum atomic E-state index is -1.31. The minimum Gasteiger partial charge on any atom is -0.479 e. The zero-order valence-electron chi connectivity index (χ0n) is 18.7. The lowest BCUT2D eigenvalue weighted by atomic mass is 10.0. The summed E-state index contributed by atoms with van der Waals surface area (Å²) in [5.74, 6) is -3.86. The van der Waals surface area contributed by atoms with Crippen molar-refractivity contribution in [1.82, 2.24) is 35.4 Å². The Morgan fingerprint density at radius 1 is 1.41 bits per heavy atom. The molecule has 5 N–H and O–H groups in total. The van der Waals surface area contributed by atoms with Crippen LogP contribution < -0.4 is 11.1 Å². The highest BCUT2D eigenvalue weighted by Gasteiger charge is 2.54. The smallest absolute Gasteiger partial charge is 0.352 e. The van der Waals surface area contributed by atoms with Crippen molar-refractivity contribution in [2.24, 2.45) is 12.2 Å². The maximum Gasteiger partial charge on any atom is 0.352 e. The minimum absolute atomic E-state index is 0.0273. The average molecular weight is 568 g/mol. The van der Waals surface area contributed by atoms with Crippen molar-refractivity contribution in [2.75, 3.05) is 18.1 Å². The quantitative estimate of drug-likeness (QED) is 0.118. The van der Waals surface area contributed by atoms with E-state index in [0.717, 1.165) is 16.2 Å². The number of nitrogens with one attached hydrogen (secondary N) is 1. The number of nitrogen functional groups attached to an aromatic ring is 1. The lowest BCUT2D eigenvalue weighted by molar-refractivity contribution is -0.150. The van der Waals surface area contributed by atoms with Gasteiger partial charge in [-0.15, -0.1) is 28.2 Å². The number of thioether (sulfide) groups is 2. The number of oxime groups is 1. The largest absolute Gasteiger partial charge is 0.479 e. The lowest BCUT2D eigenvalue weighted by Crippen LogP contribution is -2.71. The van der Waals surface area contributed by atoms with Crippen LogP contribution in [-0.2, 0) is 31.1 Å². The summed E-state index contributed by atoms with van der Waals surface area (Å²) in [6.45, 7) is -0.806. The van der Waals surface area contributed by atoms with E-state index in [2.05, 4.69) is 35.8 Å². The molecule has 2 amide bonds. The fraction of sp³-hybridized carbons (Fsp3) is 0.278. The molecule has 19 heteroatoms. The first kappa shape index (κ1) is 26.1. The Kier molecular flexibility index (Phi) is 7.74. The number of anilines is 1. The zero-order chi connectivity index (χ0) is 26.7. The summed E-state index contributed by atoms with van der Waals surface area (Å²) in [6.07, 6.45) is 1.57. The summed E-state index contributed by atoms with van der Waals surface area (Å²) < 4.78 is 1.45. The first-order valence-electron chi connectivity index (χ1n) is 10.1. The van der Waals surface area contributed by atoms with Gasteiger partial charge in [-0.1, -0.05) is 16.9 Å². The van der Waals surface area contributed by atoms with E-state index in [1.807, 2.05) is 0 Å². The number of tetrazole rings is 1. The van der Waals surface area contributed by atoms with Gasteiger partial charge in [0.2, 0.25) is 11.8 Å². The van der Waals surface area contributed by atoms with Gasteiger partial charge in [-0.2, -0.15) is 0 Å². The van der Waals surface area contributed by atoms with Gasteiger partial charge in [-0.3, -0.25) is 14.5 Å². The molecule has 0 bridgehead atoms. The van der Waals surface area contributed by atoms with Crippen molar-refractivity contribution < 1.29 is 34.2 Å². The fourth-order valence-electron chi connectivity index (χ4n) is 3.23. The molecule has 16 nitrogen and oxygen atoms in total. The number of rotatable bonds is 10. The molecule has 0 aliphatic carbocycles. The van der Waals surface area contributed by atoms with Crippen molar-refractivity contribution in [2.45, 2.75) is 16.6 Å². The fourth-order valence-corrected chi connectivity index (χ4v) is 5.72. The summed E-state index contributed by atoms with van der Waals surface area (Å²) in [5.41, 5.74) is 5.46. The molecular formula is C18H17N9O7S3. The molecule has 4 rings (SSSR count). The SMILES string of the molecule is Cn1nnnc1SC=CC1=C(C(=O)O)N2C(=O)C(NC(=O)C(=NOCC(=O)O)c3csc(N)n3)C2SC1. The Bertz CT molecular complexity index is 1350. The molecule has 2 atom stereocenters. The summed E-state index contributed by atoms with van der Waals surface area (Å²) >= 11 is 3.46. The van der Waals surface area contributed by atoms with E-state index in [0.29, 0.717) is 10.7 Å². The Hall–Kier alpha value is -3.97. The number of aliphatic carboxylic acids is 2. The van der Waals surface area contributed by atoms with Gasteiger partial charge in [-0.25, -0.2) is 19.3 Å². The van der Waals surface area contributed by atoms with E-state index in [-0.39, 0.29) is 28.0 Å². The number of hydrogen-bond donors (Lipinski definition) is 4. The van der Waals surface area contributed by atoms with Crippen LogP contribution in [0.1, 0.15) is 5.69 Å². The Balaban J connectivity index is 1.49. The number of allylic oxidation sites excluding steroid dienone is 1. The van der Waals surface area contributed by atoms with Crippen LogP contribution in [0.5, 0.6) is 0 Å². The van der Waals surface area contributed by atoms with Crippen molar-refractivity contribution in [3.05, 3.63) is 33.8 Å². The molecular weight excluding hydrogens is 550 g/mol. The highest BCUT2D eigenvalue weighted by molar-refractivity contribution is 8.02. The molecule has 2 aliphatic rings. The van der Waals surface area contributed by atoms with Crippen LogP contribution in [-0.4, -0.2) is 93.5 Å². The summed E-state index contributed by atoms with van der Waals surface area (Å²) in [5, 5.41) is 38.6. The summed E-state index contributed by atoms with van der Waals surface area (Å²) in [4.78, 5) is 58.3.